The van der Waals surface area contributed by atoms with Crippen LogP contribution < -0.4 is 0 Å². The van der Waals surface area contributed by atoms with Gasteiger partial charge in [0, 0.05) is 11.5 Å². The second kappa shape index (κ2) is 3.10. The lowest BCUT2D eigenvalue weighted by molar-refractivity contribution is -0.137. The standard InChI is InChI=1S/C14H15NO2/c1-8-11-10-7-17-14(9-5-3-2-4-6-9)15(10)13(16)12(8)11/h2-6,8,10-12,14H,7H2,1H3/t8-,10-,11-,12-,14-/m1/s1. The maximum atomic E-state index is 12.3. The van der Waals surface area contributed by atoms with Crippen molar-refractivity contribution in [1.29, 1.82) is 0 Å². The summed E-state index contributed by atoms with van der Waals surface area (Å²) in [4.78, 5) is 14.2. The van der Waals surface area contributed by atoms with Crippen molar-refractivity contribution in [3.8, 4) is 0 Å². The molecule has 0 aromatic heterocycles. The van der Waals surface area contributed by atoms with Gasteiger partial charge in [-0.05, 0) is 11.8 Å². The Morgan fingerprint density at radius 2 is 2.06 bits per heavy atom. The van der Waals surface area contributed by atoms with Gasteiger partial charge in [0.05, 0.1) is 12.6 Å². The normalized spacial score (nSPS) is 42.5. The summed E-state index contributed by atoms with van der Waals surface area (Å²) < 4.78 is 5.83. The van der Waals surface area contributed by atoms with E-state index in [2.05, 4.69) is 6.92 Å². The van der Waals surface area contributed by atoms with Crippen LogP contribution in [0.5, 0.6) is 0 Å². The highest BCUT2D eigenvalue weighted by Crippen LogP contribution is 2.59. The minimum atomic E-state index is -0.145. The molecule has 3 fully saturated rings. The molecule has 2 heterocycles. The first-order chi connectivity index (χ1) is 8.29. The highest BCUT2D eigenvalue weighted by molar-refractivity contribution is 5.86. The first-order valence-corrected chi connectivity index (χ1v) is 6.28. The van der Waals surface area contributed by atoms with Crippen LogP contribution in [0.1, 0.15) is 18.7 Å². The van der Waals surface area contributed by atoms with Gasteiger partial charge in [0.25, 0.3) is 0 Å². The lowest BCUT2D eigenvalue weighted by atomic mass is 10.1. The Hall–Kier alpha value is -1.35. The number of carbonyl (C=O) groups excluding carboxylic acids is 1. The highest BCUT2D eigenvalue weighted by Gasteiger charge is 2.67. The first-order valence-electron chi connectivity index (χ1n) is 6.28. The van der Waals surface area contributed by atoms with Crippen LogP contribution in [0.3, 0.4) is 0 Å². The molecular formula is C14H15NO2. The van der Waals surface area contributed by atoms with Gasteiger partial charge in [-0.15, -0.1) is 0 Å². The van der Waals surface area contributed by atoms with Crippen LogP contribution in [0.15, 0.2) is 30.3 Å². The van der Waals surface area contributed by atoms with Crippen molar-refractivity contribution in [3.05, 3.63) is 35.9 Å². The summed E-state index contributed by atoms with van der Waals surface area (Å²) in [7, 11) is 0. The third-order valence-corrected chi connectivity index (χ3v) is 4.55. The fraction of sp³-hybridized carbons (Fsp3) is 0.500. The Kier molecular flexibility index (Phi) is 1.76. The number of amides is 1. The molecule has 3 nitrogen and oxygen atoms in total. The maximum absolute atomic E-state index is 12.3. The van der Waals surface area contributed by atoms with Gasteiger partial charge in [-0.25, -0.2) is 0 Å². The van der Waals surface area contributed by atoms with Gasteiger partial charge in [-0.2, -0.15) is 0 Å². The van der Waals surface area contributed by atoms with E-state index in [9.17, 15) is 4.79 Å². The van der Waals surface area contributed by atoms with E-state index in [0.717, 1.165) is 5.56 Å². The Morgan fingerprint density at radius 1 is 1.29 bits per heavy atom. The number of ether oxygens (including phenoxy) is 1. The zero-order valence-corrected chi connectivity index (χ0v) is 9.74. The molecule has 1 aromatic carbocycles. The summed E-state index contributed by atoms with van der Waals surface area (Å²) in [6, 6.07) is 10.4. The zero-order chi connectivity index (χ0) is 11.6. The molecule has 3 heteroatoms. The average molecular weight is 229 g/mol. The summed E-state index contributed by atoms with van der Waals surface area (Å²) in [5.41, 5.74) is 1.09. The molecular weight excluding hydrogens is 214 g/mol. The van der Waals surface area contributed by atoms with Gasteiger partial charge in [0.2, 0.25) is 5.91 Å². The fourth-order valence-electron chi connectivity index (χ4n) is 3.62. The number of benzene rings is 1. The van der Waals surface area contributed by atoms with Gasteiger partial charge in [-0.1, -0.05) is 37.3 Å². The number of piperidine rings is 1. The summed E-state index contributed by atoms with van der Waals surface area (Å²) in [6.07, 6.45) is -0.145. The van der Waals surface area contributed by atoms with E-state index in [1.807, 2.05) is 35.2 Å². The van der Waals surface area contributed by atoms with Crippen molar-refractivity contribution in [2.45, 2.75) is 19.2 Å². The van der Waals surface area contributed by atoms with Gasteiger partial charge in [0.15, 0.2) is 6.23 Å². The van der Waals surface area contributed by atoms with Crippen LogP contribution in [0, 0.1) is 17.8 Å². The van der Waals surface area contributed by atoms with E-state index >= 15 is 0 Å². The second-order valence-corrected chi connectivity index (χ2v) is 5.37. The SMILES string of the molecule is C[C@H]1[C@H]2C(=O)N3[C@@H](c4ccccc4)OC[C@@H]3[C@@H]12. The molecule has 0 spiro atoms. The van der Waals surface area contributed by atoms with Crippen LogP contribution in [0.2, 0.25) is 0 Å². The van der Waals surface area contributed by atoms with E-state index in [-0.39, 0.29) is 12.1 Å². The molecule has 1 aromatic rings. The average Bonchev–Trinajstić information content (AvgIpc) is 2.75. The van der Waals surface area contributed by atoms with Crippen molar-refractivity contribution < 1.29 is 9.53 Å². The molecule has 0 radical (unpaired) electrons. The molecule has 0 bridgehead atoms. The number of rotatable bonds is 1. The van der Waals surface area contributed by atoms with Gasteiger partial charge in [-0.3, -0.25) is 4.79 Å². The summed E-state index contributed by atoms with van der Waals surface area (Å²) >= 11 is 0. The molecule has 5 atom stereocenters. The van der Waals surface area contributed by atoms with Crippen molar-refractivity contribution in [2.75, 3.05) is 6.61 Å². The highest BCUT2D eigenvalue weighted by atomic mass is 16.5. The lowest BCUT2D eigenvalue weighted by Gasteiger charge is -2.25. The minimum Gasteiger partial charge on any atom is -0.352 e. The number of hydrogen-bond acceptors (Lipinski definition) is 2. The first kappa shape index (κ1) is 9.66. The molecule has 2 saturated heterocycles. The number of carbonyl (C=O) groups is 1. The summed E-state index contributed by atoms with van der Waals surface area (Å²) in [6.45, 7) is 2.89. The third kappa shape index (κ3) is 1.12. The molecule has 2 aliphatic heterocycles. The minimum absolute atomic E-state index is 0.145. The van der Waals surface area contributed by atoms with Crippen LogP contribution in [0.4, 0.5) is 0 Å². The van der Waals surface area contributed by atoms with Gasteiger partial charge in [0.1, 0.15) is 0 Å². The van der Waals surface area contributed by atoms with Gasteiger partial charge >= 0.3 is 0 Å². The predicted octanol–water partition coefficient (Wildman–Crippen LogP) is 1.81. The lowest BCUT2D eigenvalue weighted by Crippen LogP contribution is -2.35. The van der Waals surface area contributed by atoms with Crippen molar-refractivity contribution >= 4 is 5.91 Å². The summed E-state index contributed by atoms with van der Waals surface area (Å²) in [5.74, 6) is 1.71. The largest absolute Gasteiger partial charge is 0.352 e. The smallest absolute Gasteiger partial charge is 0.228 e. The molecule has 1 saturated carbocycles. The third-order valence-electron chi connectivity index (χ3n) is 4.55. The number of fused-ring (bicyclic) bond motifs is 3. The van der Waals surface area contributed by atoms with Crippen LogP contribution >= 0.6 is 0 Å². The second-order valence-electron chi connectivity index (χ2n) is 5.37. The fourth-order valence-corrected chi connectivity index (χ4v) is 3.62. The Balaban J connectivity index is 1.67. The molecule has 88 valence electrons. The molecule has 1 amide bonds. The molecule has 1 aliphatic carbocycles. The van der Waals surface area contributed by atoms with E-state index in [1.165, 1.54) is 0 Å². The van der Waals surface area contributed by atoms with E-state index < -0.39 is 0 Å². The van der Waals surface area contributed by atoms with Gasteiger partial charge < -0.3 is 9.64 Å². The monoisotopic (exact) mass is 229 g/mol. The topological polar surface area (TPSA) is 29.5 Å². The van der Waals surface area contributed by atoms with Crippen molar-refractivity contribution in [3.63, 3.8) is 0 Å². The summed E-state index contributed by atoms with van der Waals surface area (Å²) in [5, 5.41) is 0. The Bertz CT molecular complexity index is 472. The molecule has 3 aliphatic rings. The quantitative estimate of drug-likeness (QED) is 0.735. The Morgan fingerprint density at radius 3 is 2.82 bits per heavy atom. The number of hydrogen-bond donors (Lipinski definition) is 0. The zero-order valence-electron chi connectivity index (χ0n) is 9.74. The van der Waals surface area contributed by atoms with Crippen LogP contribution in [0.25, 0.3) is 0 Å². The van der Waals surface area contributed by atoms with E-state index in [0.29, 0.717) is 30.4 Å². The van der Waals surface area contributed by atoms with Crippen LogP contribution in [-0.4, -0.2) is 23.5 Å². The van der Waals surface area contributed by atoms with Crippen LogP contribution in [-0.2, 0) is 9.53 Å². The number of nitrogens with zero attached hydrogens (tertiary/aromatic N) is 1. The van der Waals surface area contributed by atoms with E-state index in [4.69, 9.17) is 4.74 Å². The molecule has 4 rings (SSSR count). The predicted molar refractivity (Wildman–Crippen MR) is 61.9 cm³/mol. The molecule has 0 unspecified atom stereocenters. The van der Waals surface area contributed by atoms with Crippen molar-refractivity contribution in [2.24, 2.45) is 17.8 Å². The molecule has 17 heavy (non-hydrogen) atoms. The Labute approximate surface area is 100 Å². The van der Waals surface area contributed by atoms with E-state index in [1.54, 1.807) is 0 Å². The maximum Gasteiger partial charge on any atom is 0.228 e. The molecule has 0 N–H and O–H groups in total. The van der Waals surface area contributed by atoms with Crippen molar-refractivity contribution in [1.82, 2.24) is 4.90 Å².